The van der Waals surface area contributed by atoms with Crippen LogP contribution in [0.3, 0.4) is 0 Å². The summed E-state index contributed by atoms with van der Waals surface area (Å²) in [6.07, 6.45) is 0.779. The van der Waals surface area contributed by atoms with Crippen molar-refractivity contribution in [2.24, 2.45) is 0 Å². The van der Waals surface area contributed by atoms with Crippen molar-refractivity contribution in [2.45, 2.75) is 38.8 Å². The highest BCUT2D eigenvalue weighted by Gasteiger charge is 2.36. The minimum atomic E-state index is -0.568. The Balaban J connectivity index is 1.58. The Morgan fingerprint density at radius 1 is 1.11 bits per heavy atom. The number of thiophene rings is 1. The van der Waals surface area contributed by atoms with E-state index in [1.807, 2.05) is 49.9 Å². The zero-order valence-corrected chi connectivity index (χ0v) is 22.6. The van der Waals surface area contributed by atoms with Gasteiger partial charge >= 0.3 is 0 Å². The molecule has 36 heavy (non-hydrogen) atoms. The van der Waals surface area contributed by atoms with E-state index in [1.165, 1.54) is 4.88 Å². The number of methoxy groups -OCH3 is 1. The number of ether oxygens (including phenoxy) is 2. The van der Waals surface area contributed by atoms with E-state index in [0.717, 1.165) is 12.0 Å². The Morgan fingerprint density at radius 2 is 1.86 bits per heavy atom. The van der Waals surface area contributed by atoms with E-state index >= 15 is 0 Å². The lowest BCUT2D eigenvalue weighted by atomic mass is 9.99. The van der Waals surface area contributed by atoms with Crippen molar-refractivity contribution in [3.63, 3.8) is 0 Å². The van der Waals surface area contributed by atoms with Crippen molar-refractivity contribution in [2.75, 3.05) is 26.8 Å². The first-order chi connectivity index (χ1) is 17.2. The van der Waals surface area contributed by atoms with Crippen molar-refractivity contribution in [1.29, 1.82) is 0 Å². The molecule has 4 rings (SSSR count). The van der Waals surface area contributed by atoms with E-state index in [4.69, 9.17) is 21.1 Å². The molecule has 0 unspecified atom stereocenters. The van der Waals surface area contributed by atoms with Gasteiger partial charge in [0.15, 0.2) is 11.5 Å². The molecule has 1 aromatic heterocycles. The number of benzene rings is 2. The number of hydrogen-bond donors (Lipinski definition) is 0. The summed E-state index contributed by atoms with van der Waals surface area (Å²) in [5.74, 6) is 0.921. The molecule has 1 aliphatic rings. The van der Waals surface area contributed by atoms with E-state index in [1.54, 1.807) is 47.6 Å². The van der Waals surface area contributed by atoms with Crippen molar-refractivity contribution in [1.82, 2.24) is 9.80 Å². The fraction of sp³-hybridized carbons (Fsp3) is 0.357. The van der Waals surface area contributed by atoms with Crippen LogP contribution in [0.25, 0.3) is 0 Å². The molecule has 0 aliphatic carbocycles. The third-order valence-corrected chi connectivity index (χ3v) is 7.53. The number of halogens is 1. The van der Waals surface area contributed by atoms with Crippen molar-refractivity contribution in [3.8, 4) is 11.5 Å². The number of carbonyl (C=O) groups is 2. The van der Waals surface area contributed by atoms with Crippen LogP contribution < -0.4 is 9.47 Å². The molecule has 0 saturated heterocycles. The maximum absolute atomic E-state index is 13.8. The predicted molar refractivity (Wildman–Crippen MR) is 143 cm³/mol. The Labute approximate surface area is 221 Å². The summed E-state index contributed by atoms with van der Waals surface area (Å²) in [4.78, 5) is 31.9. The number of para-hydroxylation sites is 2. The molecule has 2 amide bonds. The first kappa shape index (κ1) is 26.0. The van der Waals surface area contributed by atoms with Gasteiger partial charge in [0.1, 0.15) is 13.2 Å². The summed E-state index contributed by atoms with van der Waals surface area (Å²) in [5, 5.41) is 2.54. The summed E-state index contributed by atoms with van der Waals surface area (Å²) in [6, 6.07) is 16.1. The molecule has 0 N–H and O–H groups in total. The van der Waals surface area contributed by atoms with E-state index in [-0.39, 0.29) is 31.0 Å². The van der Waals surface area contributed by atoms with Crippen molar-refractivity contribution >= 4 is 34.8 Å². The average Bonchev–Trinajstić information content (AvgIpc) is 3.34. The fourth-order valence-corrected chi connectivity index (χ4v) is 5.52. The van der Waals surface area contributed by atoms with Gasteiger partial charge in [0.2, 0.25) is 5.91 Å². The van der Waals surface area contributed by atoms with Gasteiger partial charge in [-0.15, -0.1) is 11.3 Å². The second-order valence-electron chi connectivity index (χ2n) is 9.69. The third kappa shape index (κ3) is 5.68. The zero-order valence-electron chi connectivity index (χ0n) is 21.0. The number of nitrogens with zero attached hydrogens (tertiary/aromatic N) is 2. The Kier molecular flexibility index (Phi) is 7.91. The summed E-state index contributed by atoms with van der Waals surface area (Å²) < 4.78 is 11.6. The third-order valence-electron chi connectivity index (χ3n) is 6.30. The zero-order chi connectivity index (χ0) is 25.9. The topological polar surface area (TPSA) is 59.1 Å². The minimum Gasteiger partial charge on any atom is -0.493 e. The molecule has 2 aromatic carbocycles. The monoisotopic (exact) mass is 526 g/mol. The van der Waals surface area contributed by atoms with Gasteiger partial charge in [-0.2, -0.15) is 0 Å². The molecular weight excluding hydrogens is 496 g/mol. The van der Waals surface area contributed by atoms with Gasteiger partial charge in [0, 0.05) is 27.5 Å². The Morgan fingerprint density at radius 3 is 2.56 bits per heavy atom. The van der Waals surface area contributed by atoms with Gasteiger partial charge in [-0.05, 0) is 74.5 Å². The van der Waals surface area contributed by atoms with Gasteiger partial charge in [0.25, 0.3) is 5.91 Å². The number of fused-ring (bicyclic) bond motifs is 1. The van der Waals surface area contributed by atoms with Crippen LogP contribution in [-0.2, 0) is 11.2 Å². The molecular formula is C28H31ClN2O4S. The molecule has 3 aromatic rings. The summed E-state index contributed by atoms with van der Waals surface area (Å²) in [6.45, 7) is 6.59. The Bertz CT molecular complexity index is 1240. The van der Waals surface area contributed by atoms with Gasteiger partial charge in [-0.1, -0.05) is 29.8 Å². The molecule has 2 heterocycles. The summed E-state index contributed by atoms with van der Waals surface area (Å²) in [7, 11) is 1.60. The first-order valence-electron chi connectivity index (χ1n) is 11.9. The smallest absolute Gasteiger partial charge is 0.254 e. The molecule has 0 fully saturated rings. The average molecular weight is 527 g/mol. The Hall–Kier alpha value is -3.03. The van der Waals surface area contributed by atoms with Crippen molar-refractivity contribution < 1.29 is 19.1 Å². The van der Waals surface area contributed by atoms with Gasteiger partial charge in [-0.3, -0.25) is 9.59 Å². The summed E-state index contributed by atoms with van der Waals surface area (Å²) in [5.41, 5.74) is 0.986. The minimum absolute atomic E-state index is 0.0422. The van der Waals surface area contributed by atoms with Crippen LogP contribution >= 0.6 is 22.9 Å². The van der Waals surface area contributed by atoms with E-state index < -0.39 is 5.54 Å². The molecule has 190 valence electrons. The molecule has 1 aliphatic heterocycles. The van der Waals surface area contributed by atoms with Crippen LogP contribution in [0.2, 0.25) is 5.02 Å². The molecule has 8 heteroatoms. The molecule has 0 saturated carbocycles. The molecule has 0 bridgehead atoms. The van der Waals surface area contributed by atoms with Crippen LogP contribution in [0.15, 0.2) is 60.0 Å². The van der Waals surface area contributed by atoms with E-state index in [0.29, 0.717) is 28.6 Å². The molecule has 6 nitrogen and oxygen atoms in total. The number of rotatable bonds is 7. The van der Waals surface area contributed by atoms with Gasteiger partial charge < -0.3 is 19.3 Å². The number of amides is 2. The van der Waals surface area contributed by atoms with Crippen LogP contribution in [0.5, 0.6) is 11.5 Å². The quantitative estimate of drug-likeness (QED) is 0.387. The predicted octanol–water partition coefficient (Wildman–Crippen LogP) is 5.86. The second kappa shape index (κ2) is 10.9. The normalized spacial score (nSPS) is 15.2. The molecule has 0 spiro atoms. The highest BCUT2D eigenvalue weighted by molar-refractivity contribution is 7.10. The van der Waals surface area contributed by atoms with Gasteiger partial charge in [-0.25, -0.2) is 0 Å². The van der Waals surface area contributed by atoms with Crippen LogP contribution in [-0.4, -0.2) is 54.0 Å². The van der Waals surface area contributed by atoms with Crippen molar-refractivity contribution in [3.05, 3.63) is 81.0 Å². The highest BCUT2D eigenvalue weighted by atomic mass is 35.5. The standard InChI is InChI=1S/C28H31ClN2O4S/c1-28(2,3)31(27(33)19-8-7-9-20(29)16-19)17-26(32)30-14-12-25-21(13-15-36-25)22(30)18-35-24-11-6-5-10-23(24)34-4/h5-11,13,15-16,22H,12,14,17-18H2,1-4H3/t22-/m1/s1. The van der Waals surface area contributed by atoms with E-state index in [9.17, 15) is 9.59 Å². The second-order valence-corrected chi connectivity index (χ2v) is 11.1. The number of carbonyl (C=O) groups excluding carboxylic acids is 2. The maximum Gasteiger partial charge on any atom is 0.254 e. The molecule has 1 atom stereocenters. The highest BCUT2D eigenvalue weighted by Crippen LogP contribution is 2.35. The molecule has 0 radical (unpaired) electrons. The lowest BCUT2D eigenvalue weighted by Crippen LogP contribution is -2.53. The van der Waals surface area contributed by atoms with Gasteiger partial charge in [0.05, 0.1) is 13.2 Å². The SMILES string of the molecule is COc1ccccc1OC[C@@H]1c2ccsc2CCN1C(=O)CN(C(=O)c1cccc(Cl)c1)C(C)(C)C. The fourth-order valence-electron chi connectivity index (χ4n) is 4.40. The number of hydrogen-bond acceptors (Lipinski definition) is 5. The van der Waals surface area contributed by atoms with Crippen LogP contribution in [0, 0.1) is 0 Å². The lowest BCUT2D eigenvalue weighted by Gasteiger charge is -2.40. The lowest BCUT2D eigenvalue weighted by molar-refractivity contribution is -0.136. The van der Waals surface area contributed by atoms with Crippen LogP contribution in [0.1, 0.15) is 47.6 Å². The van der Waals surface area contributed by atoms with E-state index in [2.05, 4.69) is 11.4 Å². The summed E-state index contributed by atoms with van der Waals surface area (Å²) >= 11 is 7.83. The van der Waals surface area contributed by atoms with Crippen LogP contribution in [0.4, 0.5) is 0 Å². The first-order valence-corrected chi connectivity index (χ1v) is 13.1. The largest absolute Gasteiger partial charge is 0.493 e. The maximum atomic E-state index is 13.8.